The molecule has 88 valence electrons. The first kappa shape index (κ1) is 12.3. The normalized spacial score (nSPS) is 12.4. The van der Waals surface area contributed by atoms with Crippen molar-refractivity contribution in [1.82, 2.24) is 10.3 Å². The van der Waals surface area contributed by atoms with E-state index in [9.17, 15) is 0 Å². The topological polar surface area (TPSA) is 24.9 Å². The van der Waals surface area contributed by atoms with Crippen molar-refractivity contribution in [2.75, 3.05) is 7.05 Å². The van der Waals surface area contributed by atoms with Crippen molar-refractivity contribution < 1.29 is 0 Å². The van der Waals surface area contributed by atoms with Crippen LogP contribution in [0.5, 0.6) is 0 Å². The van der Waals surface area contributed by atoms with Crippen molar-refractivity contribution >= 4 is 15.9 Å². The molecule has 0 aliphatic carbocycles. The summed E-state index contributed by atoms with van der Waals surface area (Å²) in [5, 5.41) is 3.34. The van der Waals surface area contributed by atoms with Crippen LogP contribution in [0.3, 0.4) is 0 Å². The maximum atomic E-state index is 4.21. The van der Waals surface area contributed by atoms with E-state index in [1.54, 1.807) is 0 Å². The Morgan fingerprint density at radius 1 is 1.18 bits per heavy atom. The Kier molecular flexibility index (Phi) is 3.92. The Morgan fingerprint density at radius 2 is 1.88 bits per heavy atom. The molecule has 1 aromatic heterocycles. The van der Waals surface area contributed by atoms with Crippen molar-refractivity contribution in [2.45, 2.75) is 13.0 Å². The summed E-state index contributed by atoms with van der Waals surface area (Å²) in [5.41, 5.74) is 3.71. The Bertz CT molecular complexity index is 494. The predicted octanol–water partition coefficient (Wildman–Crippen LogP) is 3.46. The van der Waals surface area contributed by atoms with Crippen LogP contribution in [0.4, 0.5) is 0 Å². The number of aryl methyl sites for hydroxylation is 1. The van der Waals surface area contributed by atoms with Gasteiger partial charge in [0.1, 0.15) is 0 Å². The maximum Gasteiger partial charge on any atom is 0.0592 e. The lowest BCUT2D eigenvalue weighted by molar-refractivity contribution is 0.684. The molecule has 1 unspecified atom stereocenters. The van der Waals surface area contributed by atoms with Gasteiger partial charge in [-0.2, -0.15) is 0 Å². The minimum Gasteiger partial charge on any atom is -0.309 e. The van der Waals surface area contributed by atoms with Crippen LogP contribution < -0.4 is 5.32 Å². The fraction of sp³-hybridized carbons (Fsp3) is 0.214. The molecule has 1 heterocycles. The first-order chi connectivity index (χ1) is 8.22. The molecule has 1 N–H and O–H groups in total. The average Bonchev–Trinajstić information content (AvgIpc) is 2.35. The molecule has 0 aliphatic rings. The van der Waals surface area contributed by atoms with Crippen LogP contribution in [-0.4, -0.2) is 12.0 Å². The highest BCUT2D eigenvalue weighted by Crippen LogP contribution is 2.24. The van der Waals surface area contributed by atoms with Crippen molar-refractivity contribution in [3.05, 3.63) is 63.9 Å². The van der Waals surface area contributed by atoms with E-state index in [0.29, 0.717) is 0 Å². The zero-order valence-electron chi connectivity index (χ0n) is 9.94. The van der Waals surface area contributed by atoms with Gasteiger partial charge in [-0.1, -0.05) is 28.1 Å². The summed E-state index contributed by atoms with van der Waals surface area (Å²) >= 11 is 3.45. The third-order valence-corrected chi connectivity index (χ3v) is 3.41. The molecule has 2 rings (SSSR count). The molecule has 0 amide bonds. The number of nitrogens with one attached hydrogen (secondary N) is 1. The largest absolute Gasteiger partial charge is 0.309 e. The molecule has 0 fully saturated rings. The molecule has 0 radical (unpaired) electrons. The zero-order valence-corrected chi connectivity index (χ0v) is 11.5. The van der Waals surface area contributed by atoms with E-state index in [1.807, 2.05) is 25.5 Å². The van der Waals surface area contributed by atoms with Gasteiger partial charge < -0.3 is 5.32 Å². The van der Waals surface area contributed by atoms with Gasteiger partial charge in [0.15, 0.2) is 0 Å². The number of aromatic nitrogens is 1. The second kappa shape index (κ2) is 5.43. The fourth-order valence-electron chi connectivity index (χ4n) is 1.94. The average molecular weight is 291 g/mol. The van der Waals surface area contributed by atoms with Crippen LogP contribution in [-0.2, 0) is 0 Å². The highest BCUT2D eigenvalue weighted by atomic mass is 79.9. The summed E-state index contributed by atoms with van der Waals surface area (Å²) in [6, 6.07) is 10.6. The number of benzene rings is 1. The quantitative estimate of drug-likeness (QED) is 0.936. The molecular formula is C14H15BrN2. The van der Waals surface area contributed by atoms with Gasteiger partial charge in [0, 0.05) is 16.9 Å². The number of pyridine rings is 1. The Hall–Kier alpha value is -1.19. The smallest absolute Gasteiger partial charge is 0.0592 e. The molecule has 2 nitrogen and oxygen atoms in total. The maximum absolute atomic E-state index is 4.21. The summed E-state index contributed by atoms with van der Waals surface area (Å²) in [7, 11) is 1.97. The summed E-state index contributed by atoms with van der Waals surface area (Å²) in [6.07, 6.45) is 3.76. The summed E-state index contributed by atoms with van der Waals surface area (Å²) in [4.78, 5) is 4.21. The third-order valence-electron chi connectivity index (χ3n) is 2.88. The Labute approximate surface area is 110 Å². The van der Waals surface area contributed by atoms with Gasteiger partial charge in [0.25, 0.3) is 0 Å². The van der Waals surface area contributed by atoms with Gasteiger partial charge >= 0.3 is 0 Å². The van der Waals surface area contributed by atoms with Crippen molar-refractivity contribution in [3.8, 4) is 0 Å². The lowest BCUT2D eigenvalue weighted by Gasteiger charge is -2.18. The molecule has 0 saturated carbocycles. The minimum absolute atomic E-state index is 0.191. The van der Waals surface area contributed by atoms with Gasteiger partial charge in [-0.15, -0.1) is 0 Å². The van der Waals surface area contributed by atoms with E-state index in [4.69, 9.17) is 0 Å². The van der Waals surface area contributed by atoms with Gasteiger partial charge in [0.05, 0.1) is 6.04 Å². The molecule has 17 heavy (non-hydrogen) atoms. The molecule has 0 aliphatic heterocycles. The number of halogens is 1. The van der Waals surface area contributed by atoms with Crippen molar-refractivity contribution in [1.29, 1.82) is 0 Å². The number of nitrogens with zero attached hydrogens (tertiary/aromatic N) is 1. The van der Waals surface area contributed by atoms with Crippen LogP contribution in [0.2, 0.25) is 0 Å². The number of hydrogen-bond donors (Lipinski definition) is 1. The van der Waals surface area contributed by atoms with Crippen molar-refractivity contribution in [3.63, 3.8) is 0 Å². The first-order valence-corrected chi connectivity index (χ1v) is 6.35. The van der Waals surface area contributed by atoms with Crippen LogP contribution in [0.15, 0.2) is 47.2 Å². The van der Waals surface area contributed by atoms with Crippen LogP contribution >= 0.6 is 15.9 Å². The highest BCUT2D eigenvalue weighted by molar-refractivity contribution is 9.10. The third kappa shape index (κ3) is 2.73. The predicted molar refractivity (Wildman–Crippen MR) is 74.0 cm³/mol. The van der Waals surface area contributed by atoms with Crippen LogP contribution in [0.25, 0.3) is 0 Å². The van der Waals surface area contributed by atoms with E-state index in [-0.39, 0.29) is 6.04 Å². The van der Waals surface area contributed by atoms with E-state index in [2.05, 4.69) is 57.4 Å². The number of hydrogen-bond acceptors (Lipinski definition) is 2. The molecule has 3 heteroatoms. The van der Waals surface area contributed by atoms with E-state index >= 15 is 0 Å². The van der Waals surface area contributed by atoms with E-state index < -0.39 is 0 Å². The van der Waals surface area contributed by atoms with E-state index in [0.717, 1.165) is 4.47 Å². The van der Waals surface area contributed by atoms with Crippen LogP contribution in [0.1, 0.15) is 22.7 Å². The molecule has 0 saturated heterocycles. The second-order valence-corrected chi connectivity index (χ2v) is 4.92. The van der Waals surface area contributed by atoms with Gasteiger partial charge in [-0.3, -0.25) is 4.98 Å². The van der Waals surface area contributed by atoms with Crippen molar-refractivity contribution in [2.24, 2.45) is 0 Å². The lowest BCUT2D eigenvalue weighted by atomic mass is 9.97. The number of rotatable bonds is 3. The second-order valence-electron chi connectivity index (χ2n) is 4.01. The van der Waals surface area contributed by atoms with Gasteiger partial charge in [-0.25, -0.2) is 0 Å². The van der Waals surface area contributed by atoms with Crippen LogP contribution in [0, 0.1) is 6.92 Å². The van der Waals surface area contributed by atoms with Gasteiger partial charge in [-0.05, 0) is 48.9 Å². The standard InChI is InChI=1S/C14H15BrN2/c1-10-7-8-17-9-13(10)14(16-2)11-3-5-12(15)6-4-11/h3-9,14,16H,1-2H3. The highest BCUT2D eigenvalue weighted by Gasteiger charge is 2.13. The minimum atomic E-state index is 0.191. The molecule has 0 spiro atoms. The zero-order chi connectivity index (χ0) is 12.3. The lowest BCUT2D eigenvalue weighted by Crippen LogP contribution is -2.18. The van der Waals surface area contributed by atoms with E-state index in [1.165, 1.54) is 16.7 Å². The molecule has 2 aromatic rings. The van der Waals surface area contributed by atoms with Gasteiger partial charge in [0.2, 0.25) is 0 Å². The monoisotopic (exact) mass is 290 g/mol. The SMILES string of the molecule is CNC(c1ccc(Br)cc1)c1cnccc1C. The Balaban J connectivity index is 2.40. The molecule has 1 aromatic carbocycles. The summed E-state index contributed by atoms with van der Waals surface area (Å²) in [5.74, 6) is 0. The molecule has 1 atom stereocenters. The first-order valence-electron chi connectivity index (χ1n) is 5.55. The fourth-order valence-corrected chi connectivity index (χ4v) is 2.20. The molecule has 0 bridgehead atoms. The summed E-state index contributed by atoms with van der Waals surface area (Å²) < 4.78 is 1.10. The molecular weight excluding hydrogens is 276 g/mol. The Morgan fingerprint density at radius 3 is 2.47 bits per heavy atom. The summed E-state index contributed by atoms with van der Waals surface area (Å²) in [6.45, 7) is 2.11.